The molecule has 100 heavy (non-hydrogen) atoms. The van der Waals surface area contributed by atoms with E-state index in [1.54, 1.807) is 103 Å². The van der Waals surface area contributed by atoms with Gasteiger partial charge in [-0.25, -0.2) is 9.69 Å². The van der Waals surface area contributed by atoms with E-state index in [1.165, 1.54) is 41.7 Å². The average Bonchev–Trinajstić information content (AvgIpc) is 1.67. The smallest absolute Gasteiger partial charge is 0.499 e. The Morgan fingerprint density at radius 2 is 0.950 bits per heavy atom. The number of hydrogen-bond acceptors (Lipinski definition) is 20. The zero-order valence-corrected chi connectivity index (χ0v) is 79.3. The van der Waals surface area contributed by atoms with Crippen LogP contribution >= 0.6 is 0 Å². The normalized spacial score (nSPS) is 12.3. The molecule has 34 heteroatoms. The van der Waals surface area contributed by atoms with Gasteiger partial charge >= 0.3 is 326 Å². The molecule has 0 saturated carbocycles. The van der Waals surface area contributed by atoms with Crippen LogP contribution < -0.4 is 342 Å². The number of aromatic nitrogens is 5. The van der Waals surface area contributed by atoms with Crippen molar-refractivity contribution in [1.29, 1.82) is 5.26 Å². The molecule has 4 aromatic heterocycles. The standard InChI is InChI=1S/C15H11BNO2.3C13H8BN2O3.C12H7BN3O3.5Rb/c1-16-15-8-7-14(9-11(15)10-18-16)19-13-5-3-12(17-2)4-6-13;2*1-15-10-2-5-13(16-7-10)19-11-3-4-12-9(6-11)8-18-14(12)17;15-7-9-2-1-5-16-13(9)19-11-3-4-12-10(6-11)8-18-14(12)17;1-14-9-5-15-12(16-6-9)19-10-2-3-11-8(4-10)7-18-13(11)17;;;;;/h3-5,7-9H,10H2,1H3;3-7,17H,8H2;2-4,6-7,17H,8H2;1-4,6,17H,8H2;2-5,17H,7H2;;;;;/q5*-1;5*+1. The number of benzene rings is 6. The molecule has 5 aliphatic rings. The van der Waals surface area contributed by atoms with Crippen molar-refractivity contribution in [2.45, 2.75) is 39.9 Å². The first-order valence-corrected chi connectivity index (χ1v) is 28.4. The molecule has 0 spiro atoms. The molecule has 0 amide bonds. The van der Waals surface area contributed by atoms with Crippen LogP contribution in [-0.2, 0) is 56.3 Å². The van der Waals surface area contributed by atoms with Crippen molar-refractivity contribution < 1.29 is 358 Å². The van der Waals surface area contributed by atoms with E-state index < -0.39 is 28.5 Å². The molecule has 15 rings (SSSR count). The van der Waals surface area contributed by atoms with E-state index >= 15 is 0 Å². The van der Waals surface area contributed by atoms with Crippen LogP contribution in [0.1, 0.15) is 33.4 Å². The summed E-state index contributed by atoms with van der Waals surface area (Å²) in [7, 11) is -3.45. The van der Waals surface area contributed by atoms with Gasteiger partial charge in [0.15, 0.2) is 11.7 Å². The molecule has 460 valence electrons. The number of nitrogens with zero attached hydrogens (tertiary/aromatic N) is 10. The van der Waals surface area contributed by atoms with Gasteiger partial charge in [0.1, 0.15) is 58.6 Å². The maximum Gasteiger partial charge on any atom is 1.00 e. The molecule has 0 unspecified atom stereocenters. The molecule has 5 aliphatic heterocycles. The number of ether oxygens (including phenoxy) is 5. The third-order valence-corrected chi connectivity index (χ3v) is 14.2. The van der Waals surface area contributed by atoms with E-state index in [2.05, 4.69) is 74.9 Å². The largest absolute Gasteiger partial charge is 1.00 e. The van der Waals surface area contributed by atoms with E-state index in [0.29, 0.717) is 96.2 Å². The van der Waals surface area contributed by atoms with Crippen LogP contribution in [0, 0.1) is 68.2 Å². The van der Waals surface area contributed by atoms with Crippen molar-refractivity contribution in [1.82, 2.24) is 24.9 Å². The Morgan fingerprint density at radius 3 is 1.41 bits per heavy atom. The van der Waals surface area contributed by atoms with Crippen molar-refractivity contribution in [3.63, 3.8) is 0 Å². The van der Waals surface area contributed by atoms with Crippen molar-refractivity contribution in [3.05, 3.63) is 262 Å². The van der Waals surface area contributed by atoms with E-state index in [0.717, 1.165) is 49.9 Å². The summed E-state index contributed by atoms with van der Waals surface area (Å²) in [5.74, 6) is 4.54. The zero-order valence-electron chi connectivity index (χ0n) is 54.7. The summed E-state index contributed by atoms with van der Waals surface area (Å²) in [5.41, 5.74) is 10.8. The summed E-state index contributed by atoms with van der Waals surface area (Å²) in [5, 5.41) is 47.0. The average molecular weight is 1680 g/mol. The third kappa shape index (κ3) is 23.9. The van der Waals surface area contributed by atoms with E-state index in [4.69, 9.17) is 78.5 Å². The summed E-state index contributed by atoms with van der Waals surface area (Å²) in [6, 6.07) is 48.8. The number of nitriles is 1. The van der Waals surface area contributed by atoms with Gasteiger partial charge in [-0.3, -0.25) is 14.7 Å². The minimum atomic E-state index is -0.873. The van der Waals surface area contributed by atoms with Gasteiger partial charge in [-0.15, -0.1) is 30.3 Å². The SMILES string of the molecule is N#Cc1cc[c-]nc1Oc1ccc2c(c1)COB2O.[C-]#[N+]c1[c-]cc(Oc2ccc3c(c2)COB3O)nc1.[C-]#[N+]c1[c-]nc(Oc2ccc3c(c2)COB3O)nc1.[C-]#[N+]c1c[c-]c(Oc2ccc3c(c2)COB3C)cc1.[C-]#[N+]c1c[c-]c(Oc2ccc3c(c2)COB3O)nc1.[Rb+].[Rb+].[Rb+].[Rb+].[Rb+]. The molecular weight excluding hydrogens is 1640 g/mol. The Hall–Kier alpha value is -2.71. The van der Waals surface area contributed by atoms with E-state index in [-0.39, 0.29) is 315 Å². The maximum atomic E-state index is 9.52. The fraction of sp³-hybridized carbons (Fsp3) is 0.0909. The predicted molar refractivity (Wildman–Crippen MR) is 343 cm³/mol. The molecule has 0 fully saturated rings. The fourth-order valence-electron chi connectivity index (χ4n) is 9.46. The first-order chi connectivity index (χ1) is 46.3. The van der Waals surface area contributed by atoms with Crippen LogP contribution in [0.2, 0.25) is 6.82 Å². The first-order valence-electron chi connectivity index (χ1n) is 28.4. The van der Waals surface area contributed by atoms with E-state index in [9.17, 15) is 20.1 Å². The van der Waals surface area contributed by atoms with Crippen molar-refractivity contribution in [3.8, 4) is 64.2 Å². The maximum absolute atomic E-state index is 9.52. The Balaban J connectivity index is 0.000000194. The van der Waals surface area contributed by atoms with Crippen molar-refractivity contribution in [2.75, 3.05) is 0 Å². The van der Waals surface area contributed by atoms with Crippen LogP contribution in [0.5, 0.6) is 58.1 Å². The van der Waals surface area contributed by atoms with Crippen molar-refractivity contribution >= 4 is 85.5 Å². The summed E-state index contributed by atoms with van der Waals surface area (Å²) in [4.78, 5) is 32.5. The minimum absolute atomic E-state index is 0. The minimum Gasteiger partial charge on any atom is -0.499 e. The number of fused-ring (bicyclic) bond motifs is 5. The fourth-order valence-corrected chi connectivity index (χ4v) is 9.46. The molecule has 6 aromatic carbocycles. The summed E-state index contributed by atoms with van der Waals surface area (Å²) >= 11 is 0. The predicted octanol–water partition coefficient (Wildman–Crippen LogP) is -7.31. The Morgan fingerprint density at radius 1 is 0.470 bits per heavy atom. The summed E-state index contributed by atoms with van der Waals surface area (Å²) in [6.07, 6.45) is 9.31. The third-order valence-electron chi connectivity index (χ3n) is 14.2. The van der Waals surface area contributed by atoms with Crippen LogP contribution in [0.3, 0.4) is 0 Å². The van der Waals surface area contributed by atoms with E-state index in [1.807, 2.05) is 31.1 Å². The summed E-state index contributed by atoms with van der Waals surface area (Å²) in [6.45, 7) is 31.6. The second-order valence-electron chi connectivity index (χ2n) is 20.4. The second kappa shape index (κ2) is 43.2. The van der Waals surface area contributed by atoms with Gasteiger partial charge in [-0.05, 0) is 116 Å². The second-order valence-corrected chi connectivity index (χ2v) is 20.4. The molecule has 0 radical (unpaired) electrons. The molecule has 9 heterocycles. The van der Waals surface area contributed by atoms with Gasteiger partial charge in [-0.1, -0.05) is 74.1 Å². The Kier molecular flexibility index (Phi) is 37.2. The number of hydrogen-bond donors (Lipinski definition) is 4. The van der Waals surface area contributed by atoms with Gasteiger partial charge in [0.2, 0.25) is 5.69 Å². The molecule has 0 aliphatic carbocycles. The quantitative estimate of drug-likeness (QED) is 0.0731. The molecule has 24 nitrogen and oxygen atoms in total. The van der Waals surface area contributed by atoms with Gasteiger partial charge in [0, 0.05) is 17.5 Å². The Bertz CT molecular complexity index is 4190. The molecular formula is C66H42B5N10O14Rb5. The Labute approximate surface area is 822 Å². The van der Waals surface area contributed by atoms with Crippen LogP contribution in [0.25, 0.3) is 19.4 Å². The van der Waals surface area contributed by atoms with Gasteiger partial charge < -0.3 is 87.0 Å². The molecule has 10 aromatic rings. The van der Waals surface area contributed by atoms with Gasteiger partial charge in [0.25, 0.3) is 0 Å². The zero-order chi connectivity index (χ0) is 66.2. The molecule has 0 saturated heterocycles. The van der Waals surface area contributed by atoms with Crippen molar-refractivity contribution in [2.24, 2.45) is 0 Å². The molecule has 4 N–H and O–H groups in total. The first kappa shape index (κ1) is 86.2. The summed E-state index contributed by atoms with van der Waals surface area (Å²) < 4.78 is 53.8. The number of rotatable bonds is 10. The number of pyridine rings is 3. The monoisotopic (exact) mass is 1680 g/mol. The van der Waals surface area contributed by atoms with Crippen LogP contribution in [-0.4, -0.2) is 80.4 Å². The molecule has 0 atom stereocenters. The topological polar surface area (TPSA) is 279 Å². The molecule has 0 bridgehead atoms. The van der Waals surface area contributed by atoms with Crippen LogP contribution in [0.15, 0.2) is 152 Å². The van der Waals surface area contributed by atoms with Crippen LogP contribution in [0.4, 0.5) is 22.7 Å². The van der Waals surface area contributed by atoms with Gasteiger partial charge in [-0.2, -0.15) is 23.5 Å². The van der Waals surface area contributed by atoms with Gasteiger partial charge in [0.05, 0.1) is 64.5 Å².